The first kappa shape index (κ1) is 12.6. The molecule has 1 unspecified atom stereocenters. The van der Waals surface area contributed by atoms with Crippen molar-refractivity contribution in [3.63, 3.8) is 0 Å². The Bertz CT molecular complexity index is 655. The van der Waals surface area contributed by atoms with Crippen LogP contribution in [0.2, 0.25) is 5.02 Å². The molecule has 0 saturated carbocycles. The smallest absolute Gasteiger partial charge is 0.161 e. The maximum Gasteiger partial charge on any atom is 0.161 e. The Morgan fingerprint density at radius 1 is 1.05 bits per heavy atom. The van der Waals surface area contributed by atoms with Crippen molar-refractivity contribution >= 4 is 33.7 Å². The van der Waals surface area contributed by atoms with Crippen molar-refractivity contribution < 1.29 is 8.78 Å². The van der Waals surface area contributed by atoms with Crippen LogP contribution in [-0.4, -0.2) is 5.55 Å². The average molecular weight is 298 g/mol. The number of hydrogen-bond donors (Lipinski definition) is 1. The Labute approximate surface area is 117 Å². The lowest BCUT2D eigenvalue weighted by Crippen LogP contribution is -1.90. The highest BCUT2D eigenvalue weighted by Crippen LogP contribution is 2.48. The van der Waals surface area contributed by atoms with E-state index < -0.39 is 22.5 Å². The van der Waals surface area contributed by atoms with Gasteiger partial charge in [-0.15, -0.1) is 0 Å². The largest absolute Gasteiger partial charge is 0.250 e. The van der Waals surface area contributed by atoms with Crippen LogP contribution in [0, 0.1) is 11.6 Å². The second kappa shape index (κ2) is 4.94. The number of nitrogens with zero attached hydrogens (tertiary/aromatic N) is 1. The molecule has 1 aliphatic heterocycles. The van der Waals surface area contributed by atoms with Gasteiger partial charge in [-0.1, -0.05) is 23.7 Å². The summed E-state index contributed by atoms with van der Waals surface area (Å²) in [4.78, 5) is 4.96. The van der Waals surface area contributed by atoms with Gasteiger partial charge in [0.15, 0.2) is 11.6 Å². The molecular weight excluding hydrogens is 288 g/mol. The Kier molecular flexibility index (Phi) is 3.29. The maximum absolute atomic E-state index is 13.3. The fraction of sp³-hybridized carbons (Fsp3) is 0.0714. The molecule has 5 heteroatoms. The molecule has 0 N–H and O–H groups in total. The number of thiol groups is 1. The summed E-state index contributed by atoms with van der Waals surface area (Å²) < 4.78 is 26.4. The first-order valence-corrected chi connectivity index (χ1v) is 7.65. The molecule has 3 rings (SSSR count). The van der Waals surface area contributed by atoms with Gasteiger partial charge in [0, 0.05) is 27.3 Å². The van der Waals surface area contributed by atoms with Gasteiger partial charge in [0.2, 0.25) is 0 Å². The quantitative estimate of drug-likeness (QED) is 0.761. The summed E-state index contributed by atoms with van der Waals surface area (Å²) in [5.74, 6) is -0.902. The molecule has 0 bridgehead atoms. The minimum absolute atomic E-state index is 0.541. The normalized spacial score (nSPS) is 18.6. The fourth-order valence-corrected chi connectivity index (χ4v) is 4.03. The molecule has 0 aliphatic carbocycles. The highest BCUT2D eigenvalue weighted by Gasteiger charge is 2.19. The lowest BCUT2D eigenvalue weighted by atomic mass is 10.2. The van der Waals surface area contributed by atoms with E-state index in [9.17, 15) is 8.78 Å². The van der Waals surface area contributed by atoms with Crippen LogP contribution in [0.4, 0.5) is 14.5 Å². The number of halogens is 3. The van der Waals surface area contributed by atoms with E-state index in [1.807, 2.05) is 24.3 Å². The number of hydrogen-bond acceptors (Lipinski definition) is 1. The minimum Gasteiger partial charge on any atom is -0.250 e. The summed E-state index contributed by atoms with van der Waals surface area (Å²) in [6.45, 7) is 0. The van der Waals surface area contributed by atoms with Gasteiger partial charge in [0.05, 0.1) is 5.69 Å². The van der Waals surface area contributed by atoms with Crippen LogP contribution in [0.1, 0.15) is 5.56 Å². The van der Waals surface area contributed by atoms with Crippen LogP contribution in [0.15, 0.2) is 46.3 Å². The van der Waals surface area contributed by atoms with Gasteiger partial charge in [-0.2, -0.15) is 10.9 Å². The third-order valence-electron chi connectivity index (χ3n) is 2.93. The molecule has 1 atom stereocenters. The molecule has 2 aromatic rings. The van der Waals surface area contributed by atoms with Crippen LogP contribution in [-0.2, 0) is 5.75 Å². The first-order valence-electron chi connectivity index (χ1n) is 5.68. The molecule has 0 aromatic heterocycles. The number of benzene rings is 2. The van der Waals surface area contributed by atoms with Crippen molar-refractivity contribution in [2.45, 2.75) is 10.6 Å². The van der Waals surface area contributed by atoms with Crippen molar-refractivity contribution in [1.82, 2.24) is 0 Å². The van der Waals surface area contributed by atoms with Crippen LogP contribution in [0.5, 0.6) is 0 Å². The molecule has 2 aromatic carbocycles. The Morgan fingerprint density at radius 3 is 2.47 bits per heavy atom. The number of aliphatic imine (C=N–C) groups is 1. The van der Waals surface area contributed by atoms with Gasteiger partial charge >= 0.3 is 0 Å². The Hall–Kier alpha value is -1.39. The maximum atomic E-state index is 13.3. The van der Waals surface area contributed by atoms with Crippen LogP contribution < -0.4 is 0 Å². The van der Waals surface area contributed by atoms with Crippen molar-refractivity contribution in [3.05, 3.63) is 58.6 Å². The molecule has 0 spiro atoms. The average Bonchev–Trinajstić information content (AvgIpc) is 2.76. The van der Waals surface area contributed by atoms with E-state index >= 15 is 0 Å². The molecule has 0 fully saturated rings. The summed E-state index contributed by atoms with van der Waals surface area (Å²) in [7, 11) is -0.717. The van der Waals surface area contributed by atoms with Crippen LogP contribution in [0.25, 0.3) is 0 Å². The van der Waals surface area contributed by atoms with Crippen molar-refractivity contribution in [2.24, 2.45) is 4.99 Å². The topological polar surface area (TPSA) is 12.4 Å². The summed E-state index contributed by atoms with van der Waals surface area (Å²) in [6.07, 6.45) is 0. The molecular formula is C14H10ClF2NS. The van der Waals surface area contributed by atoms with Gasteiger partial charge in [-0.3, -0.25) is 4.99 Å². The van der Waals surface area contributed by atoms with Gasteiger partial charge in [-0.25, -0.2) is 8.78 Å². The van der Waals surface area contributed by atoms with Gasteiger partial charge in [-0.05, 0) is 23.8 Å². The molecule has 1 aliphatic rings. The molecule has 1 nitrogen and oxygen atoms in total. The lowest BCUT2D eigenvalue weighted by Gasteiger charge is -2.14. The minimum atomic E-state index is -0.848. The predicted octanol–water partition coefficient (Wildman–Crippen LogP) is 4.85. The Balaban J connectivity index is 1.88. The van der Waals surface area contributed by atoms with E-state index in [4.69, 9.17) is 11.6 Å². The van der Waals surface area contributed by atoms with E-state index in [-0.39, 0.29) is 0 Å². The molecule has 1 heterocycles. The zero-order chi connectivity index (χ0) is 13.4. The number of fused-ring (bicyclic) bond motifs is 1. The van der Waals surface area contributed by atoms with Crippen LogP contribution >= 0.6 is 22.5 Å². The second-order valence-corrected chi connectivity index (χ2v) is 6.66. The van der Waals surface area contributed by atoms with Gasteiger partial charge in [0.1, 0.15) is 0 Å². The summed E-state index contributed by atoms with van der Waals surface area (Å²) in [6, 6.07) is 9.95. The molecule has 0 saturated heterocycles. The third kappa shape index (κ3) is 2.51. The predicted molar refractivity (Wildman–Crippen MR) is 76.9 cm³/mol. The summed E-state index contributed by atoms with van der Waals surface area (Å²) >= 11 is 5.84. The molecule has 19 heavy (non-hydrogen) atoms. The van der Waals surface area contributed by atoms with Crippen molar-refractivity contribution in [1.29, 1.82) is 0 Å². The zero-order valence-electron chi connectivity index (χ0n) is 9.78. The fourth-order valence-electron chi connectivity index (χ4n) is 1.97. The van der Waals surface area contributed by atoms with Gasteiger partial charge < -0.3 is 0 Å². The molecule has 0 amide bonds. The van der Waals surface area contributed by atoms with E-state index in [2.05, 4.69) is 4.99 Å². The Morgan fingerprint density at radius 2 is 1.74 bits per heavy atom. The number of rotatable bonds is 2. The summed E-state index contributed by atoms with van der Waals surface area (Å²) in [5, 5.41) is 0.685. The molecule has 98 valence electrons. The van der Waals surface area contributed by atoms with E-state index in [0.717, 1.165) is 22.3 Å². The third-order valence-corrected chi connectivity index (χ3v) is 5.26. The van der Waals surface area contributed by atoms with Crippen molar-refractivity contribution in [2.75, 3.05) is 0 Å². The van der Waals surface area contributed by atoms with E-state index in [1.165, 1.54) is 6.07 Å². The SMILES string of the molecule is Fc1cc2c(cc1F)[SH](Cc1ccc(Cl)cc1)C=N2. The zero-order valence-corrected chi connectivity index (χ0v) is 11.4. The summed E-state index contributed by atoms with van der Waals surface area (Å²) in [5.41, 5.74) is 3.45. The van der Waals surface area contributed by atoms with Gasteiger partial charge in [0.25, 0.3) is 0 Å². The standard InChI is InChI=1S/C14H10ClF2NS/c15-10-3-1-9(2-4-10)7-19-8-18-13-5-11(16)12(17)6-14(13)19/h1-6,8,19H,7H2. The lowest BCUT2D eigenvalue weighted by molar-refractivity contribution is 0.506. The van der Waals surface area contributed by atoms with Crippen LogP contribution in [0.3, 0.4) is 0 Å². The first-order chi connectivity index (χ1) is 9.13. The monoisotopic (exact) mass is 297 g/mol. The second-order valence-electron chi connectivity index (χ2n) is 4.25. The van der Waals surface area contributed by atoms with E-state index in [1.54, 1.807) is 5.55 Å². The molecule has 0 radical (unpaired) electrons. The highest BCUT2D eigenvalue weighted by molar-refractivity contribution is 8.28. The highest BCUT2D eigenvalue weighted by atomic mass is 35.5. The van der Waals surface area contributed by atoms with E-state index in [0.29, 0.717) is 10.7 Å². The van der Waals surface area contributed by atoms with Crippen molar-refractivity contribution in [3.8, 4) is 0 Å².